The maximum Gasteiger partial charge on any atom is 0.139 e. The van der Waals surface area contributed by atoms with Crippen LogP contribution in [0.5, 0.6) is 5.75 Å². The molecule has 0 atom stereocenters. The van der Waals surface area contributed by atoms with E-state index in [0.717, 1.165) is 17.4 Å². The third-order valence-corrected chi connectivity index (χ3v) is 2.28. The molecule has 68 valence electrons. The van der Waals surface area contributed by atoms with Gasteiger partial charge in [-0.3, -0.25) is 0 Å². The van der Waals surface area contributed by atoms with Gasteiger partial charge < -0.3 is 15.4 Å². The molecule has 3 nitrogen and oxygen atoms in total. The molecule has 1 aromatic carbocycles. The van der Waals surface area contributed by atoms with Crippen molar-refractivity contribution in [1.82, 2.24) is 4.57 Å². The largest absolute Gasteiger partial charge is 0.506 e. The topological polar surface area (TPSA) is 51.2 Å². The molecule has 0 unspecified atom stereocenters. The van der Waals surface area contributed by atoms with Gasteiger partial charge in [-0.05, 0) is 25.1 Å². The molecular weight excluding hydrogens is 164 g/mol. The van der Waals surface area contributed by atoms with Crippen LogP contribution in [0.2, 0.25) is 0 Å². The molecule has 0 fully saturated rings. The van der Waals surface area contributed by atoms with E-state index in [-0.39, 0.29) is 5.75 Å². The Kier molecular flexibility index (Phi) is 1.65. The molecule has 0 aliphatic carbocycles. The second-order valence-corrected chi connectivity index (χ2v) is 3.04. The molecule has 1 heterocycles. The first kappa shape index (κ1) is 7.98. The average Bonchev–Trinajstić information content (AvgIpc) is 2.56. The number of nitrogen functional groups attached to an aromatic ring is 1. The van der Waals surface area contributed by atoms with E-state index < -0.39 is 0 Å². The van der Waals surface area contributed by atoms with E-state index in [2.05, 4.69) is 0 Å². The summed E-state index contributed by atoms with van der Waals surface area (Å²) in [6.45, 7) is 2.86. The first-order valence-corrected chi connectivity index (χ1v) is 4.30. The molecule has 2 rings (SSSR count). The van der Waals surface area contributed by atoms with Gasteiger partial charge >= 0.3 is 0 Å². The average molecular weight is 176 g/mol. The van der Waals surface area contributed by atoms with Crippen molar-refractivity contribution in [2.24, 2.45) is 0 Å². The molecule has 0 amide bonds. The van der Waals surface area contributed by atoms with Crippen LogP contribution in [0.25, 0.3) is 10.9 Å². The minimum absolute atomic E-state index is 0.288. The monoisotopic (exact) mass is 176 g/mol. The molecule has 0 saturated heterocycles. The number of aromatic nitrogens is 1. The number of nitrogens with two attached hydrogens (primary N) is 1. The molecule has 13 heavy (non-hydrogen) atoms. The van der Waals surface area contributed by atoms with Crippen molar-refractivity contribution in [1.29, 1.82) is 0 Å². The van der Waals surface area contributed by atoms with E-state index in [1.807, 2.05) is 23.8 Å². The van der Waals surface area contributed by atoms with Crippen LogP contribution in [-0.2, 0) is 6.54 Å². The summed E-state index contributed by atoms with van der Waals surface area (Å²) in [6.07, 6.45) is 1.93. The zero-order chi connectivity index (χ0) is 9.42. The fraction of sp³-hybridized carbons (Fsp3) is 0.200. The minimum atomic E-state index is 0.288. The maximum absolute atomic E-state index is 9.62. The highest BCUT2D eigenvalue weighted by Crippen LogP contribution is 2.29. The van der Waals surface area contributed by atoms with Gasteiger partial charge in [-0.2, -0.15) is 0 Å². The summed E-state index contributed by atoms with van der Waals surface area (Å²) < 4.78 is 1.97. The summed E-state index contributed by atoms with van der Waals surface area (Å²) in [4.78, 5) is 0. The van der Waals surface area contributed by atoms with Crippen LogP contribution in [0.3, 0.4) is 0 Å². The van der Waals surface area contributed by atoms with Crippen LogP contribution in [0.4, 0.5) is 5.69 Å². The van der Waals surface area contributed by atoms with Crippen LogP contribution >= 0.6 is 0 Å². The Labute approximate surface area is 76.4 Å². The van der Waals surface area contributed by atoms with Crippen molar-refractivity contribution < 1.29 is 5.11 Å². The molecule has 0 spiro atoms. The molecule has 3 N–H and O–H groups in total. The van der Waals surface area contributed by atoms with E-state index >= 15 is 0 Å². The molecule has 0 bridgehead atoms. The number of nitrogens with zero attached hydrogens (tertiary/aromatic N) is 1. The SMILES string of the molecule is CCn1ccc2c(N)ccc(O)c21. The summed E-state index contributed by atoms with van der Waals surface area (Å²) >= 11 is 0. The third-order valence-electron chi connectivity index (χ3n) is 2.28. The Balaban J connectivity index is 2.87. The van der Waals surface area contributed by atoms with Gasteiger partial charge in [0.15, 0.2) is 0 Å². The Bertz CT molecular complexity index is 445. The lowest BCUT2D eigenvalue weighted by Crippen LogP contribution is -1.92. The van der Waals surface area contributed by atoms with Gasteiger partial charge in [0.1, 0.15) is 5.75 Å². The van der Waals surface area contributed by atoms with Crippen LogP contribution in [0.1, 0.15) is 6.92 Å². The maximum atomic E-state index is 9.62. The Morgan fingerprint density at radius 2 is 2.15 bits per heavy atom. The number of hydrogen-bond donors (Lipinski definition) is 2. The second-order valence-electron chi connectivity index (χ2n) is 3.04. The van der Waals surface area contributed by atoms with Gasteiger partial charge in [0.2, 0.25) is 0 Å². The van der Waals surface area contributed by atoms with Gasteiger partial charge in [-0.1, -0.05) is 0 Å². The molecule has 2 aromatic rings. The van der Waals surface area contributed by atoms with E-state index in [1.165, 1.54) is 0 Å². The number of aryl methyl sites for hydroxylation is 1. The summed E-state index contributed by atoms with van der Waals surface area (Å²) in [5, 5.41) is 10.5. The fourth-order valence-electron chi connectivity index (χ4n) is 1.59. The van der Waals surface area contributed by atoms with Crippen molar-refractivity contribution in [2.75, 3.05) is 5.73 Å². The molecule has 0 aliphatic heterocycles. The highest BCUT2D eigenvalue weighted by atomic mass is 16.3. The molecule has 0 radical (unpaired) electrons. The van der Waals surface area contributed by atoms with E-state index in [1.54, 1.807) is 12.1 Å². The molecule has 0 aliphatic rings. The van der Waals surface area contributed by atoms with Gasteiger partial charge in [0, 0.05) is 23.8 Å². The van der Waals surface area contributed by atoms with Gasteiger partial charge in [-0.25, -0.2) is 0 Å². The molecule has 0 saturated carbocycles. The lowest BCUT2D eigenvalue weighted by molar-refractivity contribution is 0.478. The Morgan fingerprint density at radius 3 is 2.85 bits per heavy atom. The van der Waals surface area contributed by atoms with E-state index in [0.29, 0.717) is 5.69 Å². The molecule has 3 heteroatoms. The summed E-state index contributed by atoms with van der Waals surface area (Å²) in [7, 11) is 0. The molecular formula is C10H12N2O. The number of aromatic hydroxyl groups is 1. The Hall–Kier alpha value is -1.64. The smallest absolute Gasteiger partial charge is 0.139 e. The van der Waals surface area contributed by atoms with Crippen LogP contribution < -0.4 is 5.73 Å². The van der Waals surface area contributed by atoms with Crippen LogP contribution in [0, 0.1) is 0 Å². The van der Waals surface area contributed by atoms with Crippen molar-refractivity contribution in [3.63, 3.8) is 0 Å². The number of anilines is 1. The lowest BCUT2D eigenvalue weighted by atomic mass is 10.2. The van der Waals surface area contributed by atoms with Crippen LogP contribution in [-0.4, -0.2) is 9.67 Å². The standard InChI is InChI=1S/C10H12N2O/c1-2-12-6-5-7-8(11)3-4-9(13)10(7)12/h3-6,13H,2,11H2,1H3. The minimum Gasteiger partial charge on any atom is -0.506 e. The number of phenols is 1. The zero-order valence-corrected chi connectivity index (χ0v) is 7.49. The first-order valence-electron chi connectivity index (χ1n) is 4.30. The van der Waals surface area contributed by atoms with Crippen molar-refractivity contribution in [3.8, 4) is 5.75 Å². The molecule has 1 aromatic heterocycles. The van der Waals surface area contributed by atoms with E-state index in [4.69, 9.17) is 5.73 Å². The summed E-state index contributed by atoms with van der Waals surface area (Å²) in [5.41, 5.74) is 7.30. The number of phenolic OH excluding ortho intramolecular Hbond substituents is 1. The van der Waals surface area contributed by atoms with Gasteiger partial charge in [0.05, 0.1) is 5.52 Å². The number of hydrogen-bond acceptors (Lipinski definition) is 2. The second kappa shape index (κ2) is 2.69. The van der Waals surface area contributed by atoms with Crippen LogP contribution in [0.15, 0.2) is 24.4 Å². The predicted molar refractivity (Wildman–Crippen MR) is 53.7 cm³/mol. The van der Waals surface area contributed by atoms with Crippen molar-refractivity contribution >= 4 is 16.6 Å². The third kappa shape index (κ3) is 1.04. The first-order chi connectivity index (χ1) is 6.24. The van der Waals surface area contributed by atoms with Crippen molar-refractivity contribution in [2.45, 2.75) is 13.5 Å². The van der Waals surface area contributed by atoms with Crippen molar-refractivity contribution in [3.05, 3.63) is 24.4 Å². The Morgan fingerprint density at radius 1 is 1.38 bits per heavy atom. The van der Waals surface area contributed by atoms with Gasteiger partial charge in [0.25, 0.3) is 0 Å². The number of rotatable bonds is 1. The van der Waals surface area contributed by atoms with Gasteiger partial charge in [-0.15, -0.1) is 0 Å². The quantitative estimate of drug-likeness (QED) is 0.515. The highest BCUT2D eigenvalue weighted by Gasteiger charge is 2.06. The summed E-state index contributed by atoms with van der Waals surface area (Å²) in [6, 6.07) is 5.27. The van der Waals surface area contributed by atoms with E-state index in [9.17, 15) is 5.11 Å². The fourth-order valence-corrected chi connectivity index (χ4v) is 1.59. The number of fused-ring (bicyclic) bond motifs is 1. The number of benzene rings is 1. The highest BCUT2D eigenvalue weighted by molar-refractivity contribution is 5.95. The summed E-state index contributed by atoms with van der Waals surface area (Å²) in [5.74, 6) is 0.288. The normalized spacial score (nSPS) is 10.8. The lowest BCUT2D eigenvalue weighted by Gasteiger charge is -2.03. The predicted octanol–water partition coefficient (Wildman–Crippen LogP) is 1.95. The zero-order valence-electron chi connectivity index (χ0n) is 7.49.